The quantitative estimate of drug-likeness (QED) is 0.266. The van der Waals surface area contributed by atoms with Gasteiger partial charge in [-0.1, -0.05) is 65.5 Å². The first-order valence-corrected chi connectivity index (χ1v) is 14.2. The summed E-state index contributed by atoms with van der Waals surface area (Å²) in [7, 11) is 0. The maximum Gasteiger partial charge on any atom is 0.0613 e. The van der Waals surface area contributed by atoms with E-state index in [1.165, 1.54) is 64.2 Å². The molecule has 31 heavy (non-hydrogen) atoms. The van der Waals surface area contributed by atoms with E-state index in [-0.39, 0.29) is 0 Å². The van der Waals surface area contributed by atoms with Gasteiger partial charge in [0.25, 0.3) is 0 Å². The molecule has 0 aromatic carbocycles. The fraction of sp³-hybridized carbons (Fsp3) is 0.931. The topological polar surface area (TPSA) is 9.23 Å². The summed E-state index contributed by atoms with van der Waals surface area (Å²) in [5, 5.41) is 0. The fourth-order valence-electron chi connectivity index (χ4n) is 9.01. The van der Waals surface area contributed by atoms with Gasteiger partial charge >= 0.3 is 0 Å². The second-order valence-electron chi connectivity index (χ2n) is 12.7. The molecule has 0 heterocycles. The van der Waals surface area contributed by atoms with E-state index in [0.717, 1.165) is 41.9 Å². The molecule has 0 aromatic heterocycles. The van der Waals surface area contributed by atoms with Gasteiger partial charge in [-0.2, -0.15) is 0 Å². The van der Waals surface area contributed by atoms with Crippen molar-refractivity contribution >= 4 is 11.6 Å². The lowest BCUT2D eigenvalue weighted by Gasteiger charge is -2.58. The second-order valence-corrected chi connectivity index (χ2v) is 13.1. The van der Waals surface area contributed by atoms with Crippen molar-refractivity contribution in [2.75, 3.05) is 12.5 Å². The molecule has 1 nitrogen and oxygen atoms in total. The third kappa shape index (κ3) is 4.53. The van der Waals surface area contributed by atoms with Gasteiger partial charge in [0.05, 0.1) is 12.7 Å². The minimum absolute atomic E-state index is 0.408. The van der Waals surface area contributed by atoms with Gasteiger partial charge in [0.15, 0.2) is 0 Å². The number of ether oxygens (including phenoxy) is 1. The monoisotopic (exact) mass is 448 g/mol. The molecule has 4 aliphatic rings. The molecular formula is C29H49ClO. The SMILES string of the molecule is CC(C)CCC[C@H](C)[C@H]1CC[C@H]2[C@@H]3CC=C4C[C@H](OCCCl)CC[C@]4(C)[C@H]3CC[C@]12C. The van der Waals surface area contributed by atoms with Crippen LogP contribution >= 0.6 is 11.6 Å². The van der Waals surface area contributed by atoms with E-state index >= 15 is 0 Å². The molecule has 0 aromatic rings. The van der Waals surface area contributed by atoms with Crippen LogP contribution in [-0.2, 0) is 4.74 Å². The highest BCUT2D eigenvalue weighted by atomic mass is 35.5. The average Bonchev–Trinajstić information content (AvgIpc) is 3.09. The molecule has 178 valence electrons. The molecular weight excluding hydrogens is 400 g/mol. The third-order valence-electron chi connectivity index (χ3n) is 10.7. The highest BCUT2D eigenvalue weighted by Gasteiger charge is 2.59. The van der Waals surface area contributed by atoms with Crippen molar-refractivity contribution in [3.63, 3.8) is 0 Å². The van der Waals surface area contributed by atoms with Crippen LogP contribution in [0.2, 0.25) is 0 Å². The molecule has 0 saturated heterocycles. The maximum absolute atomic E-state index is 6.06. The molecule has 3 saturated carbocycles. The van der Waals surface area contributed by atoms with E-state index in [2.05, 4.69) is 40.7 Å². The summed E-state index contributed by atoms with van der Waals surface area (Å²) in [4.78, 5) is 0. The van der Waals surface area contributed by atoms with Crippen LogP contribution in [0.15, 0.2) is 11.6 Å². The van der Waals surface area contributed by atoms with Crippen molar-refractivity contribution in [2.45, 2.75) is 111 Å². The van der Waals surface area contributed by atoms with Crippen LogP contribution in [0.4, 0.5) is 0 Å². The van der Waals surface area contributed by atoms with Gasteiger partial charge in [-0.3, -0.25) is 0 Å². The number of hydrogen-bond donors (Lipinski definition) is 0. The van der Waals surface area contributed by atoms with E-state index < -0.39 is 0 Å². The van der Waals surface area contributed by atoms with Gasteiger partial charge in [0, 0.05) is 5.88 Å². The molecule has 0 unspecified atom stereocenters. The zero-order valence-electron chi connectivity index (χ0n) is 21.1. The molecule has 0 bridgehead atoms. The zero-order chi connectivity index (χ0) is 22.2. The Morgan fingerprint density at radius 2 is 1.84 bits per heavy atom. The number of alkyl halides is 1. The Balaban J connectivity index is 1.45. The van der Waals surface area contributed by atoms with Crippen molar-refractivity contribution in [2.24, 2.45) is 46.3 Å². The van der Waals surface area contributed by atoms with E-state index in [1.807, 2.05) is 0 Å². The van der Waals surface area contributed by atoms with Crippen LogP contribution in [-0.4, -0.2) is 18.6 Å². The van der Waals surface area contributed by atoms with Crippen LogP contribution in [0.3, 0.4) is 0 Å². The predicted molar refractivity (Wildman–Crippen MR) is 134 cm³/mol. The molecule has 0 spiro atoms. The van der Waals surface area contributed by atoms with Gasteiger partial charge < -0.3 is 4.74 Å². The Labute approximate surface area is 198 Å². The van der Waals surface area contributed by atoms with Crippen LogP contribution in [0.5, 0.6) is 0 Å². The summed E-state index contributed by atoms with van der Waals surface area (Å²) >= 11 is 5.88. The molecule has 2 heteroatoms. The minimum atomic E-state index is 0.408. The Morgan fingerprint density at radius 1 is 1.03 bits per heavy atom. The van der Waals surface area contributed by atoms with Crippen LogP contribution < -0.4 is 0 Å². The molecule has 4 rings (SSSR count). The van der Waals surface area contributed by atoms with E-state index in [0.29, 0.717) is 29.4 Å². The lowest BCUT2D eigenvalue weighted by atomic mass is 9.47. The Kier molecular flexibility index (Phi) is 7.54. The molecule has 4 aliphatic carbocycles. The summed E-state index contributed by atoms with van der Waals surface area (Å²) in [6.07, 6.45) is 18.4. The summed E-state index contributed by atoms with van der Waals surface area (Å²) in [5.74, 6) is 6.15. The summed E-state index contributed by atoms with van der Waals surface area (Å²) in [6.45, 7) is 13.4. The number of halogens is 1. The highest BCUT2D eigenvalue weighted by Crippen LogP contribution is 2.67. The second kappa shape index (κ2) is 9.69. The first-order valence-electron chi connectivity index (χ1n) is 13.7. The number of fused-ring (bicyclic) bond motifs is 5. The van der Waals surface area contributed by atoms with Crippen molar-refractivity contribution in [3.05, 3.63) is 11.6 Å². The lowest BCUT2D eigenvalue weighted by Crippen LogP contribution is -2.51. The Morgan fingerprint density at radius 3 is 2.58 bits per heavy atom. The molecule has 0 amide bonds. The number of allylic oxidation sites excluding steroid dienone is 1. The van der Waals surface area contributed by atoms with E-state index in [4.69, 9.17) is 16.3 Å². The third-order valence-corrected chi connectivity index (χ3v) is 10.8. The minimum Gasteiger partial charge on any atom is -0.377 e. The van der Waals surface area contributed by atoms with E-state index in [9.17, 15) is 0 Å². The summed E-state index contributed by atoms with van der Waals surface area (Å²) in [6, 6.07) is 0. The smallest absolute Gasteiger partial charge is 0.0613 e. The largest absolute Gasteiger partial charge is 0.377 e. The summed E-state index contributed by atoms with van der Waals surface area (Å²) in [5.41, 5.74) is 2.77. The van der Waals surface area contributed by atoms with Gasteiger partial charge in [-0.15, -0.1) is 11.6 Å². The molecule has 3 fully saturated rings. The van der Waals surface area contributed by atoms with Crippen molar-refractivity contribution in [1.29, 1.82) is 0 Å². The predicted octanol–water partition coefficient (Wildman–Crippen LogP) is 8.65. The molecule has 0 aliphatic heterocycles. The van der Waals surface area contributed by atoms with Crippen molar-refractivity contribution in [3.8, 4) is 0 Å². The Hall–Kier alpha value is -0.0100. The number of rotatable bonds is 8. The van der Waals surface area contributed by atoms with Crippen molar-refractivity contribution in [1.82, 2.24) is 0 Å². The molecule has 0 radical (unpaired) electrons. The molecule has 0 N–H and O–H groups in total. The van der Waals surface area contributed by atoms with Crippen molar-refractivity contribution < 1.29 is 4.74 Å². The highest BCUT2D eigenvalue weighted by molar-refractivity contribution is 6.17. The van der Waals surface area contributed by atoms with Gasteiger partial charge in [-0.25, -0.2) is 0 Å². The first kappa shape index (κ1) is 24.1. The average molecular weight is 449 g/mol. The standard InChI is InChI=1S/C29H49ClO/c1-20(2)7-6-8-21(3)25-11-12-26-24-10-9-22-19-23(31-18-17-30)13-15-28(22,4)27(24)14-16-29(25,26)5/h9,20-21,23-27H,6-8,10-19H2,1-5H3/t21-,23+,24-,25+,26-,27-,28-,29+/m0/s1. The zero-order valence-corrected chi connectivity index (χ0v) is 21.9. The van der Waals surface area contributed by atoms with Gasteiger partial charge in [0.1, 0.15) is 0 Å². The van der Waals surface area contributed by atoms with Crippen LogP contribution in [0.25, 0.3) is 0 Å². The fourth-order valence-corrected chi connectivity index (χ4v) is 9.09. The van der Waals surface area contributed by atoms with Crippen LogP contribution in [0, 0.1) is 46.3 Å². The normalized spacial score (nSPS) is 43.2. The molecule has 8 atom stereocenters. The lowest BCUT2D eigenvalue weighted by molar-refractivity contribution is -0.0629. The summed E-state index contributed by atoms with van der Waals surface area (Å²) < 4.78 is 6.06. The van der Waals surface area contributed by atoms with Gasteiger partial charge in [0.2, 0.25) is 0 Å². The Bertz CT molecular complexity index is 641. The number of hydrogen-bond acceptors (Lipinski definition) is 1. The van der Waals surface area contributed by atoms with Gasteiger partial charge in [-0.05, 0) is 97.7 Å². The maximum atomic E-state index is 6.06. The first-order chi connectivity index (χ1) is 14.8. The van der Waals surface area contributed by atoms with E-state index in [1.54, 1.807) is 5.57 Å². The van der Waals surface area contributed by atoms with Crippen LogP contribution in [0.1, 0.15) is 105 Å².